The van der Waals surface area contributed by atoms with Gasteiger partial charge < -0.3 is 20.4 Å². The lowest BCUT2D eigenvalue weighted by atomic mass is 9.95. The molecular weight excluding hydrogens is 224 g/mol. The summed E-state index contributed by atoms with van der Waals surface area (Å²) in [5, 5.41) is 33.8. The van der Waals surface area contributed by atoms with Crippen molar-refractivity contribution in [2.24, 2.45) is 5.92 Å². The van der Waals surface area contributed by atoms with Crippen molar-refractivity contribution in [3.05, 3.63) is 11.6 Å². The topological polar surface area (TPSA) is 149 Å². The summed E-state index contributed by atoms with van der Waals surface area (Å²) in [5.74, 6) is -8.58. The minimum atomic E-state index is -1.90. The smallest absolute Gasteiger partial charge is 0.332 e. The van der Waals surface area contributed by atoms with Gasteiger partial charge in [0.25, 0.3) is 0 Å². The summed E-state index contributed by atoms with van der Waals surface area (Å²) in [7, 11) is 0. The summed E-state index contributed by atoms with van der Waals surface area (Å²) in [6.45, 7) is 0. The van der Waals surface area contributed by atoms with Gasteiger partial charge in [0.15, 0.2) is 0 Å². The summed E-state index contributed by atoms with van der Waals surface area (Å²) in [6.07, 6.45) is -0.829. The first-order chi connectivity index (χ1) is 7.25. The molecule has 0 aromatic carbocycles. The Morgan fingerprint density at radius 3 is 1.75 bits per heavy atom. The Labute approximate surface area is 88.4 Å². The predicted molar refractivity (Wildman–Crippen MR) is 46.7 cm³/mol. The van der Waals surface area contributed by atoms with Crippen LogP contribution in [0.2, 0.25) is 0 Å². The Morgan fingerprint density at radius 2 is 1.50 bits per heavy atom. The summed E-state index contributed by atoms with van der Waals surface area (Å²) < 4.78 is 0. The van der Waals surface area contributed by atoms with E-state index in [2.05, 4.69) is 0 Å². The van der Waals surface area contributed by atoms with E-state index >= 15 is 0 Å². The van der Waals surface area contributed by atoms with E-state index in [1.54, 1.807) is 0 Å². The number of carboxylic acids is 4. The second-order valence-electron chi connectivity index (χ2n) is 2.73. The Hall–Kier alpha value is -2.38. The lowest BCUT2D eigenvalue weighted by molar-refractivity contribution is -0.148. The number of hydrogen-bond acceptors (Lipinski definition) is 4. The van der Waals surface area contributed by atoms with Crippen molar-refractivity contribution in [3.63, 3.8) is 0 Å². The number of carbonyl (C=O) groups is 4. The summed E-state index contributed by atoms with van der Waals surface area (Å²) in [4.78, 5) is 41.7. The van der Waals surface area contributed by atoms with Crippen LogP contribution in [-0.2, 0) is 19.2 Å². The standard InChI is InChI=1S/C8H8O8/c9-5(10)1-3(7(13)14)4(8(15)16)2-6(11)12/h1,4H,2H2,(H,9,10)(H,11,12)(H,13,14)(H,15,16)/b3-1-. The van der Waals surface area contributed by atoms with Crippen molar-refractivity contribution in [2.75, 3.05) is 0 Å². The summed E-state index contributed by atoms with van der Waals surface area (Å²) in [5.41, 5.74) is -0.984. The maximum atomic E-state index is 10.6. The van der Waals surface area contributed by atoms with Gasteiger partial charge in [0.2, 0.25) is 0 Å². The van der Waals surface area contributed by atoms with Crippen LogP contribution in [-0.4, -0.2) is 44.3 Å². The normalized spacial score (nSPS) is 12.9. The van der Waals surface area contributed by atoms with Gasteiger partial charge in [-0.3, -0.25) is 9.59 Å². The Kier molecular flexibility index (Phi) is 4.67. The zero-order valence-corrected chi connectivity index (χ0v) is 7.78. The van der Waals surface area contributed by atoms with Crippen LogP contribution in [0.1, 0.15) is 6.42 Å². The fourth-order valence-corrected chi connectivity index (χ4v) is 0.949. The highest BCUT2D eigenvalue weighted by molar-refractivity contribution is 6.00. The van der Waals surface area contributed by atoms with E-state index in [9.17, 15) is 19.2 Å². The first kappa shape index (κ1) is 13.6. The van der Waals surface area contributed by atoms with E-state index in [4.69, 9.17) is 20.4 Å². The van der Waals surface area contributed by atoms with Crippen LogP contribution >= 0.6 is 0 Å². The molecule has 0 aliphatic carbocycles. The maximum Gasteiger partial charge on any atom is 0.332 e. The van der Waals surface area contributed by atoms with Gasteiger partial charge in [-0.25, -0.2) is 9.59 Å². The second kappa shape index (κ2) is 5.49. The molecule has 0 saturated heterocycles. The third-order valence-corrected chi connectivity index (χ3v) is 1.58. The van der Waals surface area contributed by atoms with Crippen molar-refractivity contribution < 1.29 is 39.6 Å². The molecule has 0 fully saturated rings. The summed E-state index contributed by atoms with van der Waals surface area (Å²) in [6, 6.07) is 0. The van der Waals surface area contributed by atoms with Crippen molar-refractivity contribution in [3.8, 4) is 0 Å². The Morgan fingerprint density at radius 1 is 1.00 bits per heavy atom. The van der Waals surface area contributed by atoms with Crippen LogP contribution in [0, 0.1) is 5.92 Å². The third kappa shape index (κ3) is 4.22. The van der Waals surface area contributed by atoms with Crippen molar-refractivity contribution >= 4 is 23.9 Å². The average Bonchev–Trinajstić information content (AvgIpc) is 2.09. The Balaban J connectivity index is 5.27. The molecule has 1 atom stereocenters. The van der Waals surface area contributed by atoms with Crippen molar-refractivity contribution in [1.29, 1.82) is 0 Å². The van der Waals surface area contributed by atoms with Crippen LogP contribution in [0.4, 0.5) is 0 Å². The lowest BCUT2D eigenvalue weighted by Gasteiger charge is -2.09. The van der Waals surface area contributed by atoms with Gasteiger partial charge >= 0.3 is 23.9 Å². The monoisotopic (exact) mass is 232 g/mol. The minimum Gasteiger partial charge on any atom is -0.481 e. The molecule has 0 saturated carbocycles. The fourth-order valence-electron chi connectivity index (χ4n) is 0.949. The van der Waals surface area contributed by atoms with Gasteiger partial charge in [-0.05, 0) is 0 Å². The van der Waals surface area contributed by atoms with Crippen LogP contribution in [0.25, 0.3) is 0 Å². The molecule has 4 N–H and O–H groups in total. The molecule has 0 rings (SSSR count). The fraction of sp³-hybridized carbons (Fsp3) is 0.250. The third-order valence-electron chi connectivity index (χ3n) is 1.58. The maximum absolute atomic E-state index is 10.6. The number of hydrogen-bond donors (Lipinski definition) is 4. The largest absolute Gasteiger partial charge is 0.481 e. The first-order valence-corrected chi connectivity index (χ1v) is 3.88. The summed E-state index contributed by atoms with van der Waals surface area (Å²) >= 11 is 0. The molecule has 0 radical (unpaired) electrons. The van der Waals surface area contributed by atoms with E-state index in [-0.39, 0.29) is 6.08 Å². The molecule has 0 aromatic rings. The number of aliphatic carboxylic acids is 4. The quantitative estimate of drug-likeness (QED) is 0.437. The molecule has 0 aliphatic rings. The van der Waals surface area contributed by atoms with E-state index in [0.717, 1.165) is 0 Å². The van der Waals surface area contributed by atoms with E-state index < -0.39 is 41.8 Å². The van der Waals surface area contributed by atoms with Crippen LogP contribution in [0.3, 0.4) is 0 Å². The van der Waals surface area contributed by atoms with E-state index in [1.807, 2.05) is 0 Å². The minimum absolute atomic E-state index is 0.171. The molecule has 0 amide bonds. The molecule has 88 valence electrons. The predicted octanol–water partition coefficient (Wildman–Crippen LogP) is -0.742. The zero-order chi connectivity index (χ0) is 12.9. The molecule has 0 bridgehead atoms. The molecule has 1 unspecified atom stereocenters. The van der Waals surface area contributed by atoms with Gasteiger partial charge in [0, 0.05) is 6.08 Å². The van der Waals surface area contributed by atoms with Crippen molar-refractivity contribution in [1.82, 2.24) is 0 Å². The molecule has 0 heterocycles. The van der Waals surface area contributed by atoms with Gasteiger partial charge in [0.05, 0.1) is 17.9 Å². The van der Waals surface area contributed by atoms with E-state index in [0.29, 0.717) is 0 Å². The van der Waals surface area contributed by atoms with Gasteiger partial charge in [-0.1, -0.05) is 0 Å². The van der Waals surface area contributed by atoms with Gasteiger partial charge in [-0.15, -0.1) is 0 Å². The molecule has 0 aromatic heterocycles. The average molecular weight is 232 g/mol. The van der Waals surface area contributed by atoms with Gasteiger partial charge in [0.1, 0.15) is 0 Å². The molecule has 8 nitrogen and oxygen atoms in total. The molecule has 16 heavy (non-hydrogen) atoms. The van der Waals surface area contributed by atoms with Crippen LogP contribution < -0.4 is 0 Å². The first-order valence-electron chi connectivity index (χ1n) is 3.88. The molecule has 0 spiro atoms. The van der Waals surface area contributed by atoms with Crippen LogP contribution in [0.15, 0.2) is 11.6 Å². The van der Waals surface area contributed by atoms with E-state index in [1.165, 1.54) is 0 Å². The van der Waals surface area contributed by atoms with Crippen molar-refractivity contribution in [2.45, 2.75) is 6.42 Å². The van der Waals surface area contributed by atoms with Gasteiger partial charge in [-0.2, -0.15) is 0 Å². The Bertz CT molecular complexity index is 366. The lowest BCUT2D eigenvalue weighted by Crippen LogP contribution is -2.25. The number of rotatable bonds is 6. The zero-order valence-electron chi connectivity index (χ0n) is 7.78. The molecular formula is C8H8O8. The molecule has 0 aliphatic heterocycles. The number of carboxylic acid groups (broad SMARTS) is 4. The highest BCUT2D eigenvalue weighted by Gasteiger charge is 2.30. The highest BCUT2D eigenvalue weighted by atomic mass is 16.4. The highest BCUT2D eigenvalue weighted by Crippen LogP contribution is 2.16. The van der Waals surface area contributed by atoms with Crippen LogP contribution in [0.5, 0.6) is 0 Å². The molecule has 8 heteroatoms. The SMILES string of the molecule is O=C(O)/C=C(\C(=O)O)C(CC(=O)O)C(=O)O. The second-order valence-corrected chi connectivity index (χ2v) is 2.73.